The Morgan fingerprint density at radius 3 is 2.23 bits per heavy atom. The Hall–Kier alpha value is -3.02. The van der Waals surface area contributed by atoms with Gasteiger partial charge in [0.1, 0.15) is 12.4 Å². The molecule has 2 aromatic carbocycles. The quantitative estimate of drug-likeness (QED) is 0.798. The van der Waals surface area contributed by atoms with Crippen molar-refractivity contribution in [2.24, 2.45) is 0 Å². The summed E-state index contributed by atoms with van der Waals surface area (Å²) in [6.07, 6.45) is 1.61. The van der Waals surface area contributed by atoms with E-state index in [1.165, 1.54) is 12.1 Å². The predicted molar refractivity (Wildman–Crippen MR) is 91.9 cm³/mol. The molecule has 26 heavy (non-hydrogen) atoms. The minimum Gasteiger partial charge on any atom is -0.334 e. The lowest BCUT2D eigenvalue weighted by molar-refractivity contribution is -0.132. The number of benzene rings is 2. The summed E-state index contributed by atoms with van der Waals surface area (Å²) < 4.78 is 13.2. The summed E-state index contributed by atoms with van der Waals surface area (Å²) in [6, 6.07) is 12.5. The van der Waals surface area contributed by atoms with Crippen LogP contribution in [0.1, 0.15) is 45.2 Å². The van der Waals surface area contributed by atoms with Gasteiger partial charge in [-0.05, 0) is 42.7 Å². The van der Waals surface area contributed by atoms with Crippen LogP contribution in [0.4, 0.5) is 4.39 Å². The van der Waals surface area contributed by atoms with Crippen LogP contribution in [-0.2, 0) is 4.79 Å². The zero-order chi connectivity index (χ0) is 18.3. The number of hydrogen-bond acceptors (Lipinski definition) is 3. The van der Waals surface area contributed by atoms with E-state index in [0.29, 0.717) is 17.7 Å². The van der Waals surface area contributed by atoms with Crippen LogP contribution in [0.25, 0.3) is 0 Å². The minimum atomic E-state index is -0.434. The number of likely N-dealkylation sites (tertiary alicyclic amines) is 1. The molecule has 4 rings (SSSR count). The van der Waals surface area contributed by atoms with Crippen molar-refractivity contribution >= 4 is 17.7 Å². The highest BCUT2D eigenvalue weighted by Crippen LogP contribution is 2.32. The average molecular weight is 352 g/mol. The van der Waals surface area contributed by atoms with Gasteiger partial charge < -0.3 is 4.90 Å². The van der Waals surface area contributed by atoms with E-state index in [2.05, 4.69) is 0 Å². The van der Waals surface area contributed by atoms with Gasteiger partial charge in [-0.2, -0.15) is 0 Å². The second-order valence-corrected chi connectivity index (χ2v) is 6.54. The summed E-state index contributed by atoms with van der Waals surface area (Å²) in [4.78, 5) is 40.4. The van der Waals surface area contributed by atoms with E-state index in [1.54, 1.807) is 41.3 Å². The Morgan fingerprint density at radius 2 is 1.62 bits per heavy atom. The van der Waals surface area contributed by atoms with Crippen LogP contribution in [-0.4, -0.2) is 40.6 Å². The number of carbonyl (C=O) groups is 3. The lowest BCUT2D eigenvalue weighted by Gasteiger charge is -2.27. The summed E-state index contributed by atoms with van der Waals surface area (Å²) in [5.74, 6) is -1.46. The zero-order valence-corrected chi connectivity index (χ0v) is 14.0. The highest BCUT2D eigenvalue weighted by Gasteiger charge is 2.38. The van der Waals surface area contributed by atoms with Crippen molar-refractivity contribution in [3.8, 4) is 0 Å². The molecule has 6 heteroatoms. The lowest BCUT2D eigenvalue weighted by atomic mass is 10.0. The average Bonchev–Trinajstić information content (AvgIpc) is 3.23. The molecule has 2 aliphatic heterocycles. The van der Waals surface area contributed by atoms with E-state index in [9.17, 15) is 18.8 Å². The van der Waals surface area contributed by atoms with E-state index in [4.69, 9.17) is 0 Å². The van der Waals surface area contributed by atoms with Crippen molar-refractivity contribution < 1.29 is 18.8 Å². The fourth-order valence-corrected chi connectivity index (χ4v) is 3.71. The van der Waals surface area contributed by atoms with E-state index in [-0.39, 0.29) is 24.3 Å². The van der Waals surface area contributed by atoms with E-state index in [1.807, 2.05) is 0 Å². The number of imide groups is 1. The van der Waals surface area contributed by atoms with Crippen molar-refractivity contribution in [1.82, 2.24) is 9.80 Å². The molecular formula is C20H17FN2O3. The molecule has 0 aromatic heterocycles. The highest BCUT2D eigenvalue weighted by molar-refractivity contribution is 6.22. The minimum absolute atomic E-state index is 0.154. The Labute approximate surface area is 150 Å². The Bertz CT molecular complexity index is 859. The Morgan fingerprint density at radius 1 is 1.00 bits per heavy atom. The molecule has 1 unspecified atom stereocenters. The van der Waals surface area contributed by atoms with E-state index in [0.717, 1.165) is 23.3 Å². The third-order valence-electron chi connectivity index (χ3n) is 5.00. The molecule has 1 atom stereocenters. The molecule has 5 nitrogen and oxygen atoms in total. The van der Waals surface area contributed by atoms with Crippen LogP contribution >= 0.6 is 0 Å². The molecule has 1 fully saturated rings. The van der Waals surface area contributed by atoms with Crippen molar-refractivity contribution in [2.75, 3.05) is 13.1 Å². The molecule has 0 saturated carbocycles. The molecule has 0 aliphatic carbocycles. The molecule has 0 bridgehead atoms. The van der Waals surface area contributed by atoms with Gasteiger partial charge in [0.05, 0.1) is 17.2 Å². The number of fused-ring (bicyclic) bond motifs is 1. The fraction of sp³-hybridized carbons (Fsp3) is 0.250. The van der Waals surface area contributed by atoms with E-state index >= 15 is 0 Å². The van der Waals surface area contributed by atoms with Crippen LogP contribution in [0.15, 0.2) is 48.5 Å². The molecule has 0 radical (unpaired) electrons. The molecular weight excluding hydrogens is 335 g/mol. The zero-order valence-electron chi connectivity index (χ0n) is 14.0. The van der Waals surface area contributed by atoms with Gasteiger partial charge in [-0.3, -0.25) is 19.3 Å². The summed E-state index contributed by atoms with van der Waals surface area (Å²) in [5.41, 5.74) is 1.53. The summed E-state index contributed by atoms with van der Waals surface area (Å²) in [5, 5.41) is 0. The molecule has 132 valence electrons. The third kappa shape index (κ3) is 2.67. The number of hydrogen-bond donors (Lipinski definition) is 0. The van der Waals surface area contributed by atoms with Gasteiger partial charge in [-0.1, -0.05) is 24.3 Å². The molecule has 2 aliphatic rings. The van der Waals surface area contributed by atoms with Crippen molar-refractivity contribution in [1.29, 1.82) is 0 Å². The number of carbonyl (C=O) groups excluding carboxylic acids is 3. The highest BCUT2D eigenvalue weighted by atomic mass is 19.1. The van der Waals surface area contributed by atoms with Crippen molar-refractivity contribution in [3.63, 3.8) is 0 Å². The lowest BCUT2D eigenvalue weighted by Crippen LogP contribution is -2.42. The summed E-state index contributed by atoms with van der Waals surface area (Å²) in [6.45, 7) is 0.286. The van der Waals surface area contributed by atoms with Gasteiger partial charge in [-0.15, -0.1) is 0 Å². The normalized spacial score (nSPS) is 19.2. The van der Waals surface area contributed by atoms with Gasteiger partial charge in [0, 0.05) is 6.54 Å². The fourth-order valence-electron chi connectivity index (χ4n) is 3.71. The summed E-state index contributed by atoms with van der Waals surface area (Å²) >= 11 is 0. The topological polar surface area (TPSA) is 57.7 Å². The monoisotopic (exact) mass is 352 g/mol. The molecule has 0 spiro atoms. The molecule has 0 N–H and O–H groups in total. The van der Waals surface area contributed by atoms with Gasteiger partial charge in [0.15, 0.2) is 0 Å². The maximum absolute atomic E-state index is 13.2. The van der Waals surface area contributed by atoms with Crippen molar-refractivity contribution in [2.45, 2.75) is 18.9 Å². The predicted octanol–water partition coefficient (Wildman–Crippen LogP) is 2.79. The second-order valence-electron chi connectivity index (χ2n) is 6.54. The molecule has 1 saturated heterocycles. The first kappa shape index (κ1) is 16.4. The Balaban J connectivity index is 1.52. The maximum Gasteiger partial charge on any atom is 0.262 e. The Kier molecular flexibility index (Phi) is 4.03. The number of rotatable bonds is 3. The number of halogens is 1. The summed E-state index contributed by atoms with van der Waals surface area (Å²) in [7, 11) is 0. The molecule has 3 amide bonds. The number of amides is 3. The third-order valence-corrected chi connectivity index (χ3v) is 5.00. The van der Waals surface area contributed by atoms with Crippen LogP contribution in [0.2, 0.25) is 0 Å². The van der Waals surface area contributed by atoms with Crippen LogP contribution in [0.5, 0.6) is 0 Å². The van der Waals surface area contributed by atoms with E-state index < -0.39 is 11.8 Å². The van der Waals surface area contributed by atoms with Crippen molar-refractivity contribution in [3.05, 3.63) is 71.0 Å². The largest absolute Gasteiger partial charge is 0.334 e. The van der Waals surface area contributed by atoms with Gasteiger partial charge in [-0.25, -0.2) is 4.39 Å². The molecule has 2 aromatic rings. The SMILES string of the molecule is O=C1c2ccccc2C(=O)N1CC(=O)N1CCCC1c1ccc(F)cc1. The van der Waals surface area contributed by atoms with Gasteiger partial charge in [0.25, 0.3) is 11.8 Å². The second kappa shape index (κ2) is 6.37. The van der Waals surface area contributed by atoms with Crippen LogP contribution in [0.3, 0.4) is 0 Å². The van der Waals surface area contributed by atoms with Gasteiger partial charge in [0.2, 0.25) is 5.91 Å². The van der Waals surface area contributed by atoms with Gasteiger partial charge >= 0.3 is 0 Å². The maximum atomic E-state index is 13.2. The first-order valence-corrected chi connectivity index (χ1v) is 8.56. The first-order chi connectivity index (χ1) is 12.6. The smallest absolute Gasteiger partial charge is 0.262 e. The molecule has 2 heterocycles. The first-order valence-electron chi connectivity index (χ1n) is 8.56. The standard InChI is InChI=1S/C20H17FN2O3/c21-14-9-7-13(8-10-14)17-6-3-11-22(17)18(24)12-23-19(25)15-4-1-2-5-16(15)20(23)26/h1-2,4-5,7-10,17H,3,6,11-12H2. The van der Waals surface area contributed by atoms with Crippen LogP contribution in [0, 0.1) is 5.82 Å². The number of nitrogens with zero attached hydrogens (tertiary/aromatic N) is 2. The van der Waals surface area contributed by atoms with Crippen LogP contribution < -0.4 is 0 Å².